The number of hydrogen-bond donors (Lipinski definition) is 1. The summed E-state index contributed by atoms with van der Waals surface area (Å²) >= 11 is 0. The molecular weight excluding hydrogens is 198 g/mol. The van der Waals surface area contributed by atoms with Gasteiger partial charge in [0, 0.05) is 13.0 Å². The van der Waals surface area contributed by atoms with Crippen molar-refractivity contribution in [1.82, 2.24) is 0 Å². The van der Waals surface area contributed by atoms with E-state index in [1.165, 1.54) is 36.8 Å². The lowest BCUT2D eigenvalue weighted by atomic mass is 9.94. The van der Waals surface area contributed by atoms with Crippen molar-refractivity contribution in [1.29, 1.82) is 0 Å². The molecule has 86 valence electrons. The van der Waals surface area contributed by atoms with Crippen LogP contribution < -0.4 is 10.5 Å². The van der Waals surface area contributed by atoms with Crippen molar-refractivity contribution in [2.24, 2.45) is 5.73 Å². The Morgan fingerprint density at radius 1 is 1.25 bits per heavy atom. The normalized spacial score (nSPS) is 24.4. The van der Waals surface area contributed by atoms with Crippen LogP contribution in [0.2, 0.25) is 0 Å². The average molecular weight is 217 g/mol. The van der Waals surface area contributed by atoms with E-state index in [1.54, 1.807) is 0 Å². The standard InChI is InChI=1S/C14H19NO/c15-9-12-8-11-6-3-7-13(14(11)16-12)10-4-1-2-5-10/h3,6-7,10,12H,1-2,4-5,8-9,15H2. The molecule has 1 fully saturated rings. The first-order valence-corrected chi connectivity index (χ1v) is 6.37. The molecule has 1 aliphatic carbocycles. The summed E-state index contributed by atoms with van der Waals surface area (Å²) in [5.74, 6) is 1.89. The summed E-state index contributed by atoms with van der Waals surface area (Å²) in [5, 5.41) is 0. The first kappa shape index (κ1) is 10.2. The van der Waals surface area contributed by atoms with Crippen LogP contribution in [0.1, 0.15) is 42.7 Å². The van der Waals surface area contributed by atoms with Gasteiger partial charge in [-0.05, 0) is 29.9 Å². The molecule has 0 radical (unpaired) electrons. The van der Waals surface area contributed by atoms with Crippen LogP contribution >= 0.6 is 0 Å². The third kappa shape index (κ3) is 1.61. The number of fused-ring (bicyclic) bond motifs is 1. The van der Waals surface area contributed by atoms with Crippen molar-refractivity contribution in [3.05, 3.63) is 29.3 Å². The largest absolute Gasteiger partial charge is 0.488 e. The molecule has 1 heterocycles. The minimum atomic E-state index is 0.206. The van der Waals surface area contributed by atoms with Gasteiger partial charge in [0.25, 0.3) is 0 Å². The number of ether oxygens (including phenoxy) is 1. The molecule has 1 aliphatic heterocycles. The van der Waals surface area contributed by atoms with Crippen molar-refractivity contribution in [2.75, 3.05) is 6.54 Å². The van der Waals surface area contributed by atoms with Crippen LogP contribution in [0, 0.1) is 0 Å². The van der Waals surface area contributed by atoms with Crippen molar-refractivity contribution in [3.8, 4) is 5.75 Å². The topological polar surface area (TPSA) is 35.2 Å². The van der Waals surface area contributed by atoms with Crippen LogP contribution in [-0.4, -0.2) is 12.6 Å². The van der Waals surface area contributed by atoms with E-state index >= 15 is 0 Å². The third-order valence-corrected chi connectivity index (χ3v) is 3.92. The minimum Gasteiger partial charge on any atom is -0.488 e. The summed E-state index contributed by atoms with van der Waals surface area (Å²) < 4.78 is 5.97. The summed E-state index contributed by atoms with van der Waals surface area (Å²) in [7, 11) is 0. The van der Waals surface area contributed by atoms with E-state index in [2.05, 4.69) is 18.2 Å². The van der Waals surface area contributed by atoms with Crippen LogP contribution in [0.25, 0.3) is 0 Å². The van der Waals surface area contributed by atoms with E-state index in [4.69, 9.17) is 10.5 Å². The molecule has 1 aromatic rings. The maximum atomic E-state index is 5.97. The molecule has 1 atom stereocenters. The average Bonchev–Trinajstić information content (AvgIpc) is 2.97. The van der Waals surface area contributed by atoms with Gasteiger partial charge in [-0.3, -0.25) is 0 Å². The Morgan fingerprint density at radius 2 is 2.06 bits per heavy atom. The zero-order valence-corrected chi connectivity index (χ0v) is 9.61. The molecular formula is C14H19NO. The lowest BCUT2D eigenvalue weighted by Crippen LogP contribution is -2.24. The molecule has 1 saturated carbocycles. The molecule has 0 saturated heterocycles. The van der Waals surface area contributed by atoms with Gasteiger partial charge in [0.1, 0.15) is 11.9 Å². The molecule has 2 heteroatoms. The molecule has 0 bridgehead atoms. The van der Waals surface area contributed by atoms with E-state index in [0.29, 0.717) is 6.54 Å². The van der Waals surface area contributed by atoms with Crippen LogP contribution in [0.4, 0.5) is 0 Å². The Balaban J connectivity index is 1.93. The summed E-state index contributed by atoms with van der Waals surface area (Å²) in [4.78, 5) is 0. The van der Waals surface area contributed by atoms with E-state index in [9.17, 15) is 0 Å². The predicted molar refractivity (Wildman–Crippen MR) is 64.8 cm³/mol. The van der Waals surface area contributed by atoms with Gasteiger partial charge >= 0.3 is 0 Å². The molecule has 1 aromatic carbocycles. The first-order chi connectivity index (χ1) is 7.88. The molecule has 2 N–H and O–H groups in total. The zero-order chi connectivity index (χ0) is 11.0. The molecule has 2 aliphatic rings. The lowest BCUT2D eigenvalue weighted by Gasteiger charge is -2.15. The Hall–Kier alpha value is -1.02. The van der Waals surface area contributed by atoms with Gasteiger partial charge in [0.05, 0.1) is 0 Å². The SMILES string of the molecule is NCC1Cc2cccc(C3CCCC3)c2O1. The number of nitrogens with two attached hydrogens (primary N) is 1. The van der Waals surface area contributed by atoms with Crippen molar-refractivity contribution >= 4 is 0 Å². The number of para-hydroxylation sites is 1. The van der Waals surface area contributed by atoms with E-state index in [1.807, 2.05) is 0 Å². The van der Waals surface area contributed by atoms with E-state index in [0.717, 1.165) is 18.1 Å². The third-order valence-electron chi connectivity index (χ3n) is 3.92. The fourth-order valence-electron chi connectivity index (χ4n) is 3.05. The van der Waals surface area contributed by atoms with Gasteiger partial charge in [-0.15, -0.1) is 0 Å². The monoisotopic (exact) mass is 217 g/mol. The fourth-order valence-corrected chi connectivity index (χ4v) is 3.05. The lowest BCUT2D eigenvalue weighted by molar-refractivity contribution is 0.238. The molecule has 16 heavy (non-hydrogen) atoms. The van der Waals surface area contributed by atoms with Gasteiger partial charge in [0.2, 0.25) is 0 Å². The second kappa shape index (κ2) is 4.10. The van der Waals surface area contributed by atoms with E-state index in [-0.39, 0.29) is 6.10 Å². The summed E-state index contributed by atoms with van der Waals surface area (Å²) in [6.07, 6.45) is 6.59. The van der Waals surface area contributed by atoms with Crippen LogP contribution in [0.3, 0.4) is 0 Å². The smallest absolute Gasteiger partial charge is 0.126 e. The Bertz CT molecular complexity index is 382. The second-order valence-electron chi connectivity index (χ2n) is 5.00. The Morgan fingerprint density at radius 3 is 2.81 bits per heavy atom. The van der Waals surface area contributed by atoms with Gasteiger partial charge in [0.15, 0.2) is 0 Å². The van der Waals surface area contributed by atoms with Crippen LogP contribution in [-0.2, 0) is 6.42 Å². The van der Waals surface area contributed by atoms with Gasteiger partial charge < -0.3 is 10.5 Å². The van der Waals surface area contributed by atoms with Crippen LogP contribution in [0.5, 0.6) is 5.75 Å². The van der Waals surface area contributed by atoms with E-state index < -0.39 is 0 Å². The molecule has 3 rings (SSSR count). The van der Waals surface area contributed by atoms with Gasteiger partial charge in [-0.25, -0.2) is 0 Å². The molecule has 2 nitrogen and oxygen atoms in total. The highest BCUT2D eigenvalue weighted by atomic mass is 16.5. The predicted octanol–water partition coefficient (Wildman–Crippen LogP) is 2.61. The molecule has 0 amide bonds. The quantitative estimate of drug-likeness (QED) is 0.826. The maximum absolute atomic E-state index is 5.97. The van der Waals surface area contributed by atoms with Gasteiger partial charge in [-0.2, -0.15) is 0 Å². The fraction of sp³-hybridized carbons (Fsp3) is 0.571. The molecule has 1 unspecified atom stereocenters. The van der Waals surface area contributed by atoms with Gasteiger partial charge in [-0.1, -0.05) is 31.0 Å². The van der Waals surface area contributed by atoms with Crippen molar-refractivity contribution in [3.63, 3.8) is 0 Å². The number of benzene rings is 1. The summed E-state index contributed by atoms with van der Waals surface area (Å²) in [5.41, 5.74) is 8.49. The van der Waals surface area contributed by atoms with Crippen LogP contribution in [0.15, 0.2) is 18.2 Å². The zero-order valence-electron chi connectivity index (χ0n) is 9.61. The highest BCUT2D eigenvalue weighted by Gasteiger charge is 2.28. The van der Waals surface area contributed by atoms with Crippen molar-refractivity contribution < 1.29 is 4.74 Å². The minimum absolute atomic E-state index is 0.206. The number of hydrogen-bond acceptors (Lipinski definition) is 2. The second-order valence-corrected chi connectivity index (χ2v) is 5.00. The highest BCUT2D eigenvalue weighted by molar-refractivity contribution is 5.46. The molecule has 0 spiro atoms. The number of rotatable bonds is 2. The summed E-state index contributed by atoms with van der Waals surface area (Å²) in [6.45, 7) is 0.624. The highest BCUT2D eigenvalue weighted by Crippen LogP contribution is 2.42. The summed E-state index contributed by atoms with van der Waals surface area (Å²) in [6, 6.07) is 6.60. The molecule has 0 aromatic heterocycles. The Kier molecular flexibility index (Phi) is 2.60. The Labute approximate surface area is 96.8 Å². The van der Waals surface area contributed by atoms with Crippen molar-refractivity contribution in [2.45, 2.75) is 44.1 Å². The first-order valence-electron chi connectivity index (χ1n) is 6.37. The maximum Gasteiger partial charge on any atom is 0.126 e.